The van der Waals surface area contributed by atoms with E-state index in [-0.39, 0.29) is 24.9 Å². The van der Waals surface area contributed by atoms with Gasteiger partial charge in [-0.15, -0.1) is 11.3 Å². The predicted molar refractivity (Wildman–Crippen MR) is 139 cm³/mol. The van der Waals surface area contributed by atoms with Crippen molar-refractivity contribution in [2.24, 2.45) is 0 Å². The zero-order chi connectivity index (χ0) is 25.1. The number of amides is 3. The lowest BCUT2D eigenvalue weighted by Gasteiger charge is -2.23. The lowest BCUT2D eigenvalue weighted by atomic mass is 10.2. The fraction of sp³-hybridized carbons (Fsp3) is 0.280. The molecular formula is C25H24ClN5O4S. The maximum atomic E-state index is 12.9. The third-order valence-electron chi connectivity index (χ3n) is 6.05. The SMILES string of the molecule is O=C(Nc1cc(N2CC(CNC(=O)c3ccc(Cl)s3)OC2=O)ccc1N1CCCC1)c1ccccn1. The Labute approximate surface area is 217 Å². The maximum absolute atomic E-state index is 12.9. The minimum Gasteiger partial charge on any atom is -0.442 e. The van der Waals surface area contributed by atoms with Crippen LogP contribution in [-0.2, 0) is 4.74 Å². The monoisotopic (exact) mass is 525 g/mol. The first kappa shape index (κ1) is 24.1. The molecule has 186 valence electrons. The summed E-state index contributed by atoms with van der Waals surface area (Å²) in [6, 6.07) is 14.0. The Morgan fingerprint density at radius 3 is 2.67 bits per heavy atom. The van der Waals surface area contributed by atoms with Gasteiger partial charge in [-0.1, -0.05) is 17.7 Å². The Morgan fingerprint density at radius 2 is 1.94 bits per heavy atom. The van der Waals surface area contributed by atoms with E-state index in [1.807, 2.05) is 12.1 Å². The molecule has 0 bridgehead atoms. The van der Waals surface area contributed by atoms with Gasteiger partial charge in [0.15, 0.2) is 0 Å². The molecule has 2 aromatic heterocycles. The normalized spacial score (nSPS) is 17.2. The minimum atomic E-state index is -0.512. The Kier molecular flexibility index (Phi) is 7.06. The fourth-order valence-corrected chi connectivity index (χ4v) is 5.24. The lowest BCUT2D eigenvalue weighted by molar-refractivity contribution is 0.0919. The van der Waals surface area contributed by atoms with E-state index in [0.29, 0.717) is 26.3 Å². The van der Waals surface area contributed by atoms with Crippen molar-refractivity contribution in [1.82, 2.24) is 10.3 Å². The summed E-state index contributed by atoms with van der Waals surface area (Å²) >= 11 is 7.08. The second-order valence-electron chi connectivity index (χ2n) is 8.49. The molecule has 2 saturated heterocycles. The van der Waals surface area contributed by atoms with Crippen LogP contribution < -0.4 is 20.4 Å². The summed E-state index contributed by atoms with van der Waals surface area (Å²) in [6.45, 7) is 2.23. The molecule has 5 rings (SSSR count). The molecule has 36 heavy (non-hydrogen) atoms. The molecule has 2 N–H and O–H groups in total. The highest BCUT2D eigenvalue weighted by molar-refractivity contribution is 7.18. The first-order valence-corrected chi connectivity index (χ1v) is 12.8. The molecule has 0 aliphatic carbocycles. The van der Waals surface area contributed by atoms with Crippen molar-refractivity contribution >= 4 is 57.9 Å². The minimum absolute atomic E-state index is 0.172. The highest BCUT2D eigenvalue weighted by atomic mass is 35.5. The molecule has 9 nitrogen and oxygen atoms in total. The number of rotatable bonds is 7. The summed E-state index contributed by atoms with van der Waals surface area (Å²) < 4.78 is 6.01. The summed E-state index contributed by atoms with van der Waals surface area (Å²) in [5, 5.41) is 5.75. The van der Waals surface area contributed by atoms with Gasteiger partial charge in [0.25, 0.3) is 11.8 Å². The first-order valence-electron chi connectivity index (χ1n) is 11.6. The van der Waals surface area contributed by atoms with Crippen LogP contribution >= 0.6 is 22.9 Å². The van der Waals surface area contributed by atoms with Crippen LogP contribution in [0.3, 0.4) is 0 Å². The highest BCUT2D eigenvalue weighted by Crippen LogP contribution is 2.34. The van der Waals surface area contributed by atoms with Gasteiger partial charge >= 0.3 is 6.09 Å². The van der Waals surface area contributed by atoms with E-state index >= 15 is 0 Å². The summed E-state index contributed by atoms with van der Waals surface area (Å²) in [5.74, 6) is -0.595. The number of carbonyl (C=O) groups excluding carboxylic acids is 3. The summed E-state index contributed by atoms with van der Waals surface area (Å²) in [4.78, 5) is 46.2. The van der Waals surface area contributed by atoms with Crippen molar-refractivity contribution in [2.45, 2.75) is 18.9 Å². The molecule has 1 atom stereocenters. The number of nitrogens with zero attached hydrogens (tertiary/aromatic N) is 3. The second kappa shape index (κ2) is 10.5. The molecular weight excluding hydrogens is 502 g/mol. The van der Waals surface area contributed by atoms with Gasteiger partial charge in [-0.25, -0.2) is 4.79 Å². The second-order valence-corrected chi connectivity index (χ2v) is 10.2. The Balaban J connectivity index is 1.31. The van der Waals surface area contributed by atoms with E-state index < -0.39 is 12.2 Å². The summed E-state index contributed by atoms with van der Waals surface area (Å²) in [6.07, 6.45) is 2.71. The molecule has 11 heteroatoms. The number of pyridine rings is 1. The standard InChI is InChI=1S/C25H24ClN5O4S/c26-22-9-8-21(36-22)24(33)28-14-17-15-31(25(34)35-17)16-6-7-20(30-11-3-4-12-30)19(13-16)29-23(32)18-5-1-2-10-27-18/h1-2,5-10,13,17H,3-4,11-12,14-15H2,(H,28,33)(H,29,32). The Bertz CT molecular complexity index is 1280. The van der Waals surface area contributed by atoms with Gasteiger partial charge in [0, 0.05) is 25.0 Å². The predicted octanol–water partition coefficient (Wildman–Crippen LogP) is 4.40. The molecule has 4 heterocycles. The molecule has 1 aromatic carbocycles. The molecule has 0 spiro atoms. The number of benzene rings is 1. The average molecular weight is 526 g/mol. The van der Waals surface area contributed by atoms with Gasteiger partial charge in [0.1, 0.15) is 11.8 Å². The zero-order valence-electron chi connectivity index (χ0n) is 19.3. The molecule has 2 aliphatic rings. The van der Waals surface area contributed by atoms with Crippen LogP contribution in [0.1, 0.15) is 33.0 Å². The van der Waals surface area contributed by atoms with Crippen molar-refractivity contribution in [3.05, 3.63) is 69.6 Å². The van der Waals surface area contributed by atoms with Crippen molar-refractivity contribution < 1.29 is 19.1 Å². The van der Waals surface area contributed by atoms with Crippen LogP contribution in [-0.4, -0.2) is 55.2 Å². The van der Waals surface area contributed by atoms with Crippen LogP contribution in [0.5, 0.6) is 0 Å². The number of nitrogens with one attached hydrogen (secondary N) is 2. The number of anilines is 3. The third-order valence-corrected chi connectivity index (χ3v) is 7.28. The van der Waals surface area contributed by atoms with E-state index in [9.17, 15) is 14.4 Å². The number of halogens is 1. The summed E-state index contributed by atoms with van der Waals surface area (Å²) in [5.41, 5.74) is 2.40. The van der Waals surface area contributed by atoms with E-state index in [1.54, 1.807) is 42.6 Å². The lowest BCUT2D eigenvalue weighted by Crippen LogP contribution is -2.34. The molecule has 2 aliphatic heterocycles. The van der Waals surface area contributed by atoms with Crippen molar-refractivity contribution in [1.29, 1.82) is 0 Å². The average Bonchev–Trinajstić information content (AvgIpc) is 3.65. The topological polar surface area (TPSA) is 104 Å². The van der Waals surface area contributed by atoms with E-state index in [0.717, 1.165) is 31.6 Å². The largest absolute Gasteiger partial charge is 0.442 e. The van der Waals surface area contributed by atoms with Crippen molar-refractivity contribution in [2.75, 3.05) is 41.3 Å². The van der Waals surface area contributed by atoms with E-state index in [1.165, 1.54) is 16.2 Å². The number of hydrogen-bond acceptors (Lipinski definition) is 7. The number of hydrogen-bond donors (Lipinski definition) is 2. The molecule has 1 unspecified atom stereocenters. The van der Waals surface area contributed by atoms with Gasteiger partial charge in [0.2, 0.25) is 0 Å². The van der Waals surface area contributed by atoms with Crippen LogP contribution in [0, 0.1) is 0 Å². The van der Waals surface area contributed by atoms with E-state index in [2.05, 4.69) is 20.5 Å². The van der Waals surface area contributed by atoms with Crippen LogP contribution in [0.2, 0.25) is 4.34 Å². The van der Waals surface area contributed by atoms with Crippen molar-refractivity contribution in [3.8, 4) is 0 Å². The molecule has 3 amide bonds. The van der Waals surface area contributed by atoms with Gasteiger partial charge in [0.05, 0.1) is 33.7 Å². The first-order chi connectivity index (χ1) is 17.5. The zero-order valence-corrected chi connectivity index (χ0v) is 20.8. The van der Waals surface area contributed by atoms with Crippen LogP contribution in [0.15, 0.2) is 54.7 Å². The number of cyclic esters (lactones) is 1. The van der Waals surface area contributed by atoms with Gasteiger partial charge in [-0.05, 0) is 55.3 Å². The maximum Gasteiger partial charge on any atom is 0.414 e. The number of thiophene rings is 1. The Hall–Kier alpha value is -3.63. The van der Waals surface area contributed by atoms with Crippen molar-refractivity contribution in [3.63, 3.8) is 0 Å². The number of aromatic nitrogens is 1. The van der Waals surface area contributed by atoms with Gasteiger partial charge in [-0.2, -0.15) is 0 Å². The molecule has 3 aromatic rings. The fourth-order valence-electron chi connectivity index (χ4n) is 4.28. The number of carbonyl (C=O) groups is 3. The van der Waals surface area contributed by atoms with E-state index in [4.69, 9.17) is 16.3 Å². The Morgan fingerprint density at radius 1 is 1.11 bits per heavy atom. The quantitative estimate of drug-likeness (QED) is 0.474. The highest BCUT2D eigenvalue weighted by Gasteiger charge is 2.33. The molecule has 0 saturated carbocycles. The van der Waals surface area contributed by atoms with Crippen LogP contribution in [0.4, 0.5) is 21.9 Å². The number of ether oxygens (including phenoxy) is 1. The molecule has 2 fully saturated rings. The molecule has 0 radical (unpaired) electrons. The van der Waals surface area contributed by atoms with Crippen LogP contribution in [0.25, 0.3) is 0 Å². The summed E-state index contributed by atoms with van der Waals surface area (Å²) in [7, 11) is 0. The smallest absolute Gasteiger partial charge is 0.414 e. The third kappa shape index (κ3) is 5.29. The van der Waals surface area contributed by atoms with Gasteiger partial charge in [-0.3, -0.25) is 19.5 Å². The van der Waals surface area contributed by atoms with Gasteiger partial charge < -0.3 is 20.3 Å².